The van der Waals surface area contributed by atoms with Crippen molar-refractivity contribution < 1.29 is 7.48 Å². The van der Waals surface area contributed by atoms with Gasteiger partial charge in [0.15, 0.2) is 0 Å². The van der Waals surface area contributed by atoms with Crippen molar-refractivity contribution in [3.8, 4) is 28.6 Å². The molecule has 0 bridgehead atoms. The van der Waals surface area contributed by atoms with Crippen LogP contribution in [0.15, 0.2) is 115 Å². The average Bonchev–Trinajstić information content (AvgIpc) is 3.19. The van der Waals surface area contributed by atoms with E-state index in [-0.39, 0.29) is 0 Å². The maximum absolute atomic E-state index is 8.08. The van der Waals surface area contributed by atoms with Gasteiger partial charge in [0.2, 0.25) is 5.88 Å². The fourth-order valence-corrected chi connectivity index (χ4v) is 4.06. The summed E-state index contributed by atoms with van der Waals surface area (Å²) in [6.45, 7) is 0. The summed E-state index contributed by atoms with van der Waals surface area (Å²) in [7, 11) is 0. The quantitative estimate of drug-likeness (QED) is 0.310. The Bertz CT molecular complexity index is 1660. The third kappa shape index (κ3) is 3.19. The molecule has 4 heteroatoms. The summed E-state index contributed by atoms with van der Waals surface area (Å²) in [6.07, 6.45) is 3.13. The third-order valence-electron chi connectivity index (χ3n) is 5.47. The second kappa shape index (κ2) is 7.67. The Kier molecular flexibility index (Phi) is 3.90. The minimum Gasteiger partial charge on any atom is -0.439 e. The molecule has 6 aromatic rings. The van der Waals surface area contributed by atoms with E-state index in [1.165, 1.54) is 6.20 Å². The topological polar surface area (TPSA) is 39.9 Å². The van der Waals surface area contributed by atoms with Gasteiger partial charge in [-0.2, -0.15) is 0 Å². The van der Waals surface area contributed by atoms with Gasteiger partial charge >= 0.3 is 0 Å². The minimum absolute atomic E-state index is 0.343. The van der Waals surface area contributed by atoms with Crippen LogP contribution in [0.2, 0.25) is 0 Å². The summed E-state index contributed by atoms with van der Waals surface area (Å²) < 4.78 is 23.7. The number of benzene rings is 3. The summed E-state index contributed by atoms with van der Waals surface area (Å²) >= 11 is 0. The van der Waals surface area contributed by atoms with Gasteiger partial charge in [0, 0.05) is 29.2 Å². The lowest BCUT2D eigenvalue weighted by atomic mass is 10.0. The normalized spacial score (nSPS) is 12.0. The molecule has 0 aliphatic carbocycles. The van der Waals surface area contributed by atoms with E-state index in [9.17, 15) is 0 Å². The molecule has 0 N–H and O–H groups in total. The predicted molar refractivity (Wildman–Crippen MR) is 128 cm³/mol. The highest BCUT2D eigenvalue weighted by molar-refractivity contribution is 6.10. The van der Waals surface area contributed by atoms with Crippen LogP contribution in [-0.2, 0) is 0 Å². The summed E-state index contributed by atoms with van der Waals surface area (Å²) in [5.74, 6) is 1.84. The third-order valence-corrected chi connectivity index (χ3v) is 5.47. The summed E-state index contributed by atoms with van der Waals surface area (Å²) in [4.78, 5) is 8.71. The number of ether oxygens (including phenoxy) is 1. The number of para-hydroxylation sites is 1. The largest absolute Gasteiger partial charge is 0.439 e. The molecule has 0 radical (unpaired) electrons. The van der Waals surface area contributed by atoms with Gasteiger partial charge < -0.3 is 4.74 Å². The zero-order valence-corrected chi connectivity index (χ0v) is 17.1. The average molecular weight is 415 g/mol. The Balaban J connectivity index is 1.48. The van der Waals surface area contributed by atoms with Gasteiger partial charge in [-0.05, 0) is 53.6 Å². The smallest absolute Gasteiger partial charge is 0.219 e. The Labute approximate surface area is 188 Å². The number of rotatable bonds is 4. The van der Waals surface area contributed by atoms with Crippen molar-refractivity contribution in [2.75, 3.05) is 0 Å². The standard InChI is InChI=1S/C28H19N3O/c1-2-11-25-23(10-1)24-15-14-21(19-26(24)31(25)27-12-3-5-16-29-27)20-8-7-9-22(18-20)32-28-13-4-6-17-30-28/h1-19H/i3D,6D. The Morgan fingerprint density at radius 2 is 1.56 bits per heavy atom. The van der Waals surface area contributed by atoms with Crippen LogP contribution >= 0.6 is 0 Å². The first-order valence-electron chi connectivity index (χ1n) is 11.3. The molecule has 3 aromatic heterocycles. The molecule has 32 heavy (non-hydrogen) atoms. The van der Waals surface area contributed by atoms with Crippen molar-refractivity contribution in [3.63, 3.8) is 0 Å². The van der Waals surface area contributed by atoms with E-state index in [0.717, 1.165) is 38.8 Å². The molecular formula is C28H19N3O. The van der Waals surface area contributed by atoms with Crippen molar-refractivity contribution in [1.29, 1.82) is 0 Å². The maximum atomic E-state index is 8.08. The van der Waals surface area contributed by atoms with Gasteiger partial charge in [0.25, 0.3) is 0 Å². The van der Waals surface area contributed by atoms with Crippen LogP contribution in [0.5, 0.6) is 11.6 Å². The lowest BCUT2D eigenvalue weighted by Crippen LogP contribution is -1.96. The van der Waals surface area contributed by atoms with E-state index in [1.54, 1.807) is 30.5 Å². The number of fused-ring (bicyclic) bond motifs is 3. The molecule has 6 rings (SSSR count). The van der Waals surface area contributed by atoms with Crippen LogP contribution in [0, 0.1) is 0 Å². The van der Waals surface area contributed by atoms with E-state index in [0.29, 0.717) is 23.7 Å². The zero-order chi connectivity index (χ0) is 23.1. The number of nitrogens with zero attached hydrogens (tertiary/aromatic N) is 3. The molecule has 0 aliphatic rings. The van der Waals surface area contributed by atoms with Crippen molar-refractivity contribution in [3.05, 3.63) is 115 Å². The molecule has 0 fully saturated rings. The van der Waals surface area contributed by atoms with Crippen molar-refractivity contribution in [1.82, 2.24) is 14.5 Å². The highest BCUT2D eigenvalue weighted by Crippen LogP contribution is 2.35. The SMILES string of the molecule is [2H]c1ccc(Oc2cccc(-c3ccc4c5ccccc5n(-c5cc([2H])ccn5)c4c3)c2)nc1. The van der Waals surface area contributed by atoms with Crippen LogP contribution < -0.4 is 4.74 Å². The number of hydrogen-bond acceptors (Lipinski definition) is 3. The Morgan fingerprint density at radius 3 is 2.47 bits per heavy atom. The first-order valence-corrected chi connectivity index (χ1v) is 10.3. The van der Waals surface area contributed by atoms with E-state index in [4.69, 9.17) is 7.48 Å². The molecule has 3 heterocycles. The monoisotopic (exact) mass is 415 g/mol. The van der Waals surface area contributed by atoms with Gasteiger partial charge in [-0.25, -0.2) is 9.97 Å². The zero-order valence-electron chi connectivity index (χ0n) is 19.1. The van der Waals surface area contributed by atoms with Gasteiger partial charge in [0.05, 0.1) is 13.8 Å². The molecule has 3 aromatic carbocycles. The molecule has 0 atom stereocenters. The molecule has 0 saturated carbocycles. The van der Waals surface area contributed by atoms with Crippen molar-refractivity contribution in [2.24, 2.45) is 0 Å². The first kappa shape index (κ1) is 16.3. The summed E-state index contributed by atoms with van der Waals surface area (Å²) in [5, 5.41) is 2.27. The second-order valence-corrected chi connectivity index (χ2v) is 7.42. The van der Waals surface area contributed by atoms with E-state index in [2.05, 4.69) is 44.9 Å². The van der Waals surface area contributed by atoms with Gasteiger partial charge in [0.1, 0.15) is 11.6 Å². The van der Waals surface area contributed by atoms with E-state index < -0.39 is 0 Å². The molecule has 0 aliphatic heterocycles. The first-order chi connectivity index (χ1) is 16.7. The van der Waals surface area contributed by atoms with Crippen molar-refractivity contribution in [2.45, 2.75) is 0 Å². The highest BCUT2D eigenvalue weighted by atomic mass is 16.5. The van der Waals surface area contributed by atoms with E-state index >= 15 is 0 Å². The fraction of sp³-hybridized carbons (Fsp3) is 0. The molecule has 0 spiro atoms. The van der Waals surface area contributed by atoms with Crippen molar-refractivity contribution >= 4 is 21.8 Å². The predicted octanol–water partition coefficient (Wildman–Crippen LogP) is 7.03. The number of pyridine rings is 2. The minimum atomic E-state index is 0.343. The molecule has 0 amide bonds. The second-order valence-electron chi connectivity index (χ2n) is 7.42. The van der Waals surface area contributed by atoms with Gasteiger partial charge in [-0.3, -0.25) is 4.57 Å². The van der Waals surface area contributed by atoms with Crippen LogP contribution in [0.4, 0.5) is 0 Å². The van der Waals surface area contributed by atoms with Gasteiger partial charge in [-0.1, -0.05) is 54.6 Å². The molecular weight excluding hydrogens is 394 g/mol. The van der Waals surface area contributed by atoms with Crippen LogP contribution in [0.3, 0.4) is 0 Å². The Morgan fingerprint density at radius 1 is 0.656 bits per heavy atom. The molecule has 0 unspecified atom stereocenters. The van der Waals surface area contributed by atoms with E-state index in [1.807, 2.05) is 36.4 Å². The van der Waals surface area contributed by atoms with Crippen LogP contribution in [0.25, 0.3) is 38.8 Å². The molecule has 0 saturated heterocycles. The Hall–Kier alpha value is -4.44. The summed E-state index contributed by atoms with van der Waals surface area (Å²) in [6, 6.07) is 30.1. The van der Waals surface area contributed by atoms with Crippen LogP contribution in [0.1, 0.15) is 2.74 Å². The maximum Gasteiger partial charge on any atom is 0.219 e. The van der Waals surface area contributed by atoms with Crippen LogP contribution in [-0.4, -0.2) is 14.5 Å². The lowest BCUT2D eigenvalue weighted by molar-refractivity contribution is 0.463. The van der Waals surface area contributed by atoms with Gasteiger partial charge in [-0.15, -0.1) is 0 Å². The fourth-order valence-electron chi connectivity index (χ4n) is 4.06. The molecule has 4 nitrogen and oxygen atoms in total. The number of hydrogen-bond donors (Lipinski definition) is 0. The molecule has 152 valence electrons. The summed E-state index contributed by atoms with van der Waals surface area (Å²) in [5.41, 5.74) is 4.12. The highest BCUT2D eigenvalue weighted by Gasteiger charge is 2.13. The number of aromatic nitrogens is 3. The lowest BCUT2D eigenvalue weighted by Gasteiger charge is -2.09.